The smallest absolute Gasteiger partial charge is 0.162 e. The van der Waals surface area contributed by atoms with Crippen LogP contribution in [0.25, 0.3) is 119 Å². The third kappa shape index (κ3) is 3.89. The lowest BCUT2D eigenvalue weighted by Gasteiger charge is -2.12. The minimum absolute atomic E-state index is 0.717. The number of benzene rings is 8. The lowest BCUT2D eigenvalue weighted by atomic mass is 10.0. The van der Waals surface area contributed by atoms with Gasteiger partial charge in [-0.25, -0.2) is 9.97 Å². The number of nitrogens with zero attached hydrogens (tertiary/aromatic N) is 4. The molecule has 0 bridgehead atoms. The molecule has 254 valence electrons. The van der Waals surface area contributed by atoms with E-state index in [-0.39, 0.29) is 0 Å². The topological polar surface area (TPSA) is 35.1 Å². The van der Waals surface area contributed by atoms with Crippen LogP contribution in [0.15, 0.2) is 170 Å². The summed E-state index contributed by atoms with van der Waals surface area (Å²) in [5, 5.41) is 11.1. The van der Waals surface area contributed by atoms with E-state index in [1.165, 1.54) is 81.0 Å². The molecule has 0 radical (unpaired) electrons. The molecule has 8 aromatic carbocycles. The van der Waals surface area contributed by atoms with Gasteiger partial charge in [0.25, 0.3) is 0 Å². The van der Waals surface area contributed by atoms with Crippen molar-refractivity contribution < 1.29 is 0 Å². The Morgan fingerprint density at radius 3 is 1.89 bits per heavy atom. The van der Waals surface area contributed by atoms with Crippen LogP contribution in [0.5, 0.6) is 0 Å². The Morgan fingerprint density at radius 1 is 0.418 bits per heavy atom. The average molecular weight is 717 g/mol. The maximum absolute atomic E-state index is 5.59. The second kappa shape index (κ2) is 10.8. The first kappa shape index (κ1) is 29.4. The fraction of sp³-hybridized carbons (Fsp3) is 0. The lowest BCUT2D eigenvalue weighted by Crippen LogP contribution is -2.01. The normalized spacial score (nSPS) is 12.4. The fourth-order valence-corrected chi connectivity index (χ4v) is 10.4. The number of fused-ring (bicyclic) bond motifs is 15. The number of hydrogen-bond donors (Lipinski definition) is 0. The molecule has 0 N–H and O–H groups in total. The first-order valence-electron chi connectivity index (χ1n) is 18.7. The van der Waals surface area contributed by atoms with Crippen LogP contribution in [0.3, 0.4) is 0 Å². The molecule has 0 spiro atoms. The van der Waals surface area contributed by atoms with Crippen molar-refractivity contribution in [3.8, 4) is 28.3 Å². The molecule has 0 amide bonds. The van der Waals surface area contributed by atoms with Crippen molar-refractivity contribution in [1.29, 1.82) is 0 Å². The van der Waals surface area contributed by atoms with Gasteiger partial charge in [0, 0.05) is 53.4 Å². The maximum Gasteiger partial charge on any atom is 0.162 e. The summed E-state index contributed by atoms with van der Waals surface area (Å²) in [4.78, 5) is 10.9. The molecule has 4 nitrogen and oxygen atoms in total. The second-order valence-corrected chi connectivity index (χ2v) is 15.6. The van der Waals surface area contributed by atoms with Crippen molar-refractivity contribution in [2.45, 2.75) is 0 Å². The Morgan fingerprint density at radius 2 is 1.05 bits per heavy atom. The number of aromatic nitrogens is 4. The average Bonchev–Trinajstić information content (AvgIpc) is 3.99. The molecular formula is C50H28N4S. The Balaban J connectivity index is 1.22. The summed E-state index contributed by atoms with van der Waals surface area (Å²) in [5.74, 6) is 1.63. The molecule has 0 saturated carbocycles. The van der Waals surface area contributed by atoms with Gasteiger partial charge in [0.2, 0.25) is 0 Å². The van der Waals surface area contributed by atoms with Crippen molar-refractivity contribution in [3.05, 3.63) is 170 Å². The van der Waals surface area contributed by atoms with Gasteiger partial charge in [0.15, 0.2) is 11.6 Å². The van der Waals surface area contributed by atoms with Gasteiger partial charge < -0.3 is 4.40 Å². The van der Waals surface area contributed by atoms with Gasteiger partial charge in [0.05, 0.1) is 37.8 Å². The standard InChI is InChI=1S/C50H28N4S/c1-2-12-29(13-3-1)30-22-24-32(25-23-30)49-51-44-36-18-8-11-21-42(36)55-48(44)50(52-49)54-41-20-10-7-17-35(41)39-28-38-34-16-6-9-19-40(34)53-45-33-15-5-4-14-31(33)26-27-37(45)43(46(38)53)47(39)54/h1-28H. The molecule has 5 aromatic heterocycles. The van der Waals surface area contributed by atoms with Crippen molar-refractivity contribution in [2.24, 2.45) is 0 Å². The van der Waals surface area contributed by atoms with E-state index in [1.54, 1.807) is 11.3 Å². The van der Waals surface area contributed by atoms with Gasteiger partial charge in [-0.3, -0.25) is 4.57 Å². The van der Waals surface area contributed by atoms with E-state index in [2.05, 4.69) is 179 Å². The quantitative estimate of drug-likeness (QED) is 0.182. The van der Waals surface area contributed by atoms with Gasteiger partial charge in [-0.05, 0) is 40.8 Å². The summed E-state index contributed by atoms with van der Waals surface area (Å²) >= 11 is 1.78. The number of thiophene rings is 1. The SMILES string of the molecule is c1ccc(-c2ccc(-c3nc(-n4c5ccccc5c5cc6c7ccccc7n7c8c9ccccc9ccc8c(c54)c67)c4sc5ccccc5c4n3)cc2)cc1. The van der Waals surface area contributed by atoms with Gasteiger partial charge in [0.1, 0.15) is 0 Å². The minimum atomic E-state index is 0.717. The Bertz CT molecular complexity index is 3700. The summed E-state index contributed by atoms with van der Waals surface area (Å²) in [7, 11) is 0. The summed E-state index contributed by atoms with van der Waals surface area (Å²) < 4.78 is 7.26. The molecule has 0 saturated heterocycles. The van der Waals surface area contributed by atoms with E-state index >= 15 is 0 Å². The molecule has 0 unspecified atom stereocenters. The number of para-hydroxylation sites is 2. The zero-order valence-electron chi connectivity index (χ0n) is 29.4. The molecule has 0 fully saturated rings. The van der Waals surface area contributed by atoms with Crippen LogP contribution < -0.4 is 0 Å². The van der Waals surface area contributed by atoms with Crippen molar-refractivity contribution in [2.75, 3.05) is 0 Å². The zero-order valence-corrected chi connectivity index (χ0v) is 30.2. The molecule has 5 heterocycles. The largest absolute Gasteiger partial charge is 0.307 e. The first-order chi connectivity index (χ1) is 27.3. The molecule has 55 heavy (non-hydrogen) atoms. The highest BCUT2D eigenvalue weighted by Gasteiger charge is 2.27. The van der Waals surface area contributed by atoms with Crippen LogP contribution in [0, 0.1) is 0 Å². The van der Waals surface area contributed by atoms with E-state index < -0.39 is 0 Å². The van der Waals surface area contributed by atoms with Gasteiger partial charge in [-0.1, -0.05) is 146 Å². The molecular weight excluding hydrogens is 689 g/mol. The van der Waals surface area contributed by atoms with E-state index in [0.29, 0.717) is 0 Å². The molecule has 0 aliphatic heterocycles. The zero-order chi connectivity index (χ0) is 35.8. The van der Waals surface area contributed by atoms with E-state index in [4.69, 9.17) is 9.97 Å². The van der Waals surface area contributed by atoms with Crippen molar-refractivity contribution in [3.63, 3.8) is 0 Å². The first-order valence-corrected chi connectivity index (χ1v) is 19.5. The molecule has 13 rings (SSSR count). The van der Waals surface area contributed by atoms with Gasteiger partial charge >= 0.3 is 0 Å². The number of hydrogen-bond acceptors (Lipinski definition) is 3. The predicted molar refractivity (Wildman–Crippen MR) is 232 cm³/mol. The highest BCUT2D eigenvalue weighted by atomic mass is 32.1. The Kier molecular flexibility index (Phi) is 5.74. The molecule has 5 heteroatoms. The summed E-state index contributed by atoms with van der Waals surface area (Å²) in [6, 6.07) is 61.4. The highest BCUT2D eigenvalue weighted by molar-refractivity contribution is 7.26. The molecule has 0 atom stereocenters. The van der Waals surface area contributed by atoms with E-state index in [9.17, 15) is 0 Å². The predicted octanol–water partition coefficient (Wildman–Crippen LogP) is 13.6. The highest BCUT2D eigenvalue weighted by Crippen LogP contribution is 2.49. The van der Waals surface area contributed by atoms with E-state index in [0.717, 1.165) is 38.3 Å². The van der Waals surface area contributed by atoms with E-state index in [1.807, 2.05) is 0 Å². The van der Waals surface area contributed by atoms with Crippen LogP contribution in [-0.4, -0.2) is 18.9 Å². The van der Waals surface area contributed by atoms with Crippen molar-refractivity contribution >= 4 is 102 Å². The second-order valence-electron chi connectivity index (χ2n) is 14.5. The van der Waals surface area contributed by atoms with Gasteiger partial charge in [-0.2, -0.15) is 0 Å². The monoisotopic (exact) mass is 716 g/mol. The summed E-state index contributed by atoms with van der Waals surface area (Å²) in [5.41, 5.74) is 10.4. The third-order valence-electron chi connectivity index (χ3n) is 11.6. The molecule has 13 aromatic rings. The molecule has 0 aliphatic rings. The number of rotatable bonds is 3. The van der Waals surface area contributed by atoms with Crippen LogP contribution >= 0.6 is 11.3 Å². The van der Waals surface area contributed by atoms with Gasteiger partial charge in [-0.15, -0.1) is 11.3 Å². The maximum atomic E-state index is 5.59. The van der Waals surface area contributed by atoms with Crippen LogP contribution in [0.1, 0.15) is 0 Å². The molecule has 0 aliphatic carbocycles. The Hall–Kier alpha value is -7.08. The lowest BCUT2D eigenvalue weighted by molar-refractivity contribution is 1.08. The van der Waals surface area contributed by atoms with Crippen LogP contribution in [-0.2, 0) is 0 Å². The Labute approximate surface area is 318 Å². The summed E-state index contributed by atoms with van der Waals surface area (Å²) in [6.07, 6.45) is 0. The fourth-order valence-electron chi connectivity index (χ4n) is 9.28. The van der Waals surface area contributed by atoms with Crippen LogP contribution in [0.2, 0.25) is 0 Å². The summed E-state index contributed by atoms with van der Waals surface area (Å²) in [6.45, 7) is 0. The minimum Gasteiger partial charge on any atom is -0.307 e. The third-order valence-corrected chi connectivity index (χ3v) is 12.8. The van der Waals surface area contributed by atoms with Crippen molar-refractivity contribution in [1.82, 2.24) is 18.9 Å². The van der Waals surface area contributed by atoms with Crippen LogP contribution in [0.4, 0.5) is 0 Å².